The third kappa shape index (κ3) is 3.23. The van der Waals surface area contributed by atoms with Crippen molar-refractivity contribution >= 4 is 22.4 Å². The normalized spacial score (nSPS) is 11.1. The number of hydrogen-bond acceptors (Lipinski definition) is 4. The highest BCUT2D eigenvalue weighted by atomic mass is 35.5. The Balaban J connectivity index is 1.55. The predicted molar refractivity (Wildman–Crippen MR) is 93.9 cm³/mol. The molecule has 0 fully saturated rings. The molecule has 6 heteroatoms. The first-order valence-corrected chi connectivity index (χ1v) is 8.18. The third-order valence-electron chi connectivity index (χ3n) is 4.00. The Morgan fingerprint density at radius 1 is 1.04 bits per heavy atom. The zero-order chi connectivity index (χ0) is 17.2. The number of nitrogens with zero attached hydrogens (tertiary/aromatic N) is 3. The molecule has 0 aliphatic heterocycles. The van der Waals surface area contributed by atoms with Crippen LogP contribution in [0.3, 0.4) is 0 Å². The Kier molecular flexibility index (Phi) is 4.15. The maximum Gasteiger partial charge on any atom is 0.227 e. The Labute approximate surface area is 148 Å². The second-order valence-corrected chi connectivity index (χ2v) is 6.09. The zero-order valence-electron chi connectivity index (χ0n) is 13.1. The first-order valence-electron chi connectivity index (χ1n) is 7.80. The SMILES string of the molecule is Fc1cc(Cl)ccc1-c1noc(CCc2cncc3ccccc23)n1. The number of benzene rings is 2. The first-order chi connectivity index (χ1) is 12.2. The van der Waals surface area contributed by atoms with E-state index >= 15 is 0 Å². The van der Waals surface area contributed by atoms with Crippen LogP contribution in [-0.2, 0) is 12.8 Å². The third-order valence-corrected chi connectivity index (χ3v) is 4.23. The van der Waals surface area contributed by atoms with Gasteiger partial charge in [-0.1, -0.05) is 41.0 Å². The van der Waals surface area contributed by atoms with Crippen LogP contribution in [0.2, 0.25) is 5.02 Å². The average molecular weight is 354 g/mol. The fraction of sp³-hybridized carbons (Fsp3) is 0.105. The second-order valence-electron chi connectivity index (χ2n) is 5.66. The summed E-state index contributed by atoms with van der Waals surface area (Å²) in [7, 11) is 0. The molecule has 4 aromatic rings. The maximum absolute atomic E-state index is 14.0. The van der Waals surface area contributed by atoms with Gasteiger partial charge in [0.2, 0.25) is 11.7 Å². The van der Waals surface area contributed by atoms with Crippen LogP contribution in [0.4, 0.5) is 4.39 Å². The van der Waals surface area contributed by atoms with Crippen LogP contribution in [0.15, 0.2) is 59.4 Å². The van der Waals surface area contributed by atoms with Gasteiger partial charge in [0.25, 0.3) is 0 Å². The number of pyridine rings is 1. The molecule has 2 aromatic heterocycles. The Morgan fingerprint density at radius 3 is 2.80 bits per heavy atom. The molecule has 0 spiro atoms. The van der Waals surface area contributed by atoms with Crippen molar-refractivity contribution in [3.63, 3.8) is 0 Å². The summed E-state index contributed by atoms with van der Waals surface area (Å²) in [6, 6.07) is 12.4. The number of fused-ring (bicyclic) bond motifs is 1. The van der Waals surface area contributed by atoms with E-state index in [0.717, 1.165) is 16.3 Å². The molecule has 0 aliphatic carbocycles. The molecule has 2 aromatic carbocycles. The van der Waals surface area contributed by atoms with Crippen molar-refractivity contribution in [1.82, 2.24) is 15.1 Å². The van der Waals surface area contributed by atoms with E-state index in [-0.39, 0.29) is 11.4 Å². The molecule has 124 valence electrons. The van der Waals surface area contributed by atoms with Gasteiger partial charge in [0.15, 0.2) is 0 Å². The molecule has 0 bridgehead atoms. The zero-order valence-corrected chi connectivity index (χ0v) is 13.9. The minimum absolute atomic E-state index is 0.222. The maximum atomic E-state index is 14.0. The number of rotatable bonds is 4. The summed E-state index contributed by atoms with van der Waals surface area (Å²) in [6.45, 7) is 0. The molecule has 0 N–H and O–H groups in total. The van der Waals surface area contributed by atoms with Crippen LogP contribution >= 0.6 is 11.6 Å². The van der Waals surface area contributed by atoms with E-state index in [1.165, 1.54) is 6.07 Å². The largest absolute Gasteiger partial charge is 0.339 e. The molecular weight excluding hydrogens is 341 g/mol. The summed E-state index contributed by atoms with van der Waals surface area (Å²) in [4.78, 5) is 8.55. The minimum atomic E-state index is -0.474. The highest BCUT2D eigenvalue weighted by Gasteiger charge is 2.13. The first kappa shape index (κ1) is 15.7. The number of aryl methyl sites for hydroxylation is 2. The molecule has 4 rings (SSSR count). The van der Waals surface area contributed by atoms with Gasteiger partial charge in [-0.3, -0.25) is 4.98 Å². The summed E-state index contributed by atoms with van der Waals surface area (Å²) in [6.07, 6.45) is 4.95. The van der Waals surface area contributed by atoms with E-state index < -0.39 is 5.82 Å². The number of aromatic nitrogens is 3. The van der Waals surface area contributed by atoms with Crippen molar-refractivity contribution in [1.29, 1.82) is 0 Å². The monoisotopic (exact) mass is 353 g/mol. The quantitative estimate of drug-likeness (QED) is 0.525. The molecule has 0 aliphatic rings. The van der Waals surface area contributed by atoms with Gasteiger partial charge in [-0.15, -0.1) is 0 Å². The molecule has 0 saturated heterocycles. The van der Waals surface area contributed by atoms with Crippen LogP contribution in [-0.4, -0.2) is 15.1 Å². The molecular formula is C19H13ClFN3O. The van der Waals surface area contributed by atoms with Gasteiger partial charge in [0, 0.05) is 29.2 Å². The van der Waals surface area contributed by atoms with E-state index in [1.54, 1.807) is 12.1 Å². The molecule has 25 heavy (non-hydrogen) atoms. The van der Waals surface area contributed by atoms with Crippen LogP contribution in [0, 0.1) is 5.82 Å². The highest BCUT2D eigenvalue weighted by Crippen LogP contribution is 2.24. The predicted octanol–water partition coefficient (Wildman–Crippen LogP) is 4.86. The van der Waals surface area contributed by atoms with Gasteiger partial charge >= 0.3 is 0 Å². The lowest BCUT2D eigenvalue weighted by atomic mass is 10.0. The molecule has 0 unspecified atom stereocenters. The lowest BCUT2D eigenvalue weighted by Crippen LogP contribution is -1.94. The molecule has 0 atom stereocenters. The Morgan fingerprint density at radius 2 is 1.92 bits per heavy atom. The molecule has 0 radical (unpaired) electrons. The molecule has 4 nitrogen and oxygen atoms in total. The average Bonchev–Trinajstić information content (AvgIpc) is 3.08. The summed E-state index contributed by atoms with van der Waals surface area (Å²) in [5, 5.41) is 6.44. The number of hydrogen-bond donors (Lipinski definition) is 0. The highest BCUT2D eigenvalue weighted by molar-refractivity contribution is 6.30. The van der Waals surface area contributed by atoms with E-state index in [9.17, 15) is 4.39 Å². The van der Waals surface area contributed by atoms with Crippen molar-refractivity contribution in [2.45, 2.75) is 12.8 Å². The number of halogens is 2. The van der Waals surface area contributed by atoms with Crippen molar-refractivity contribution in [3.05, 3.63) is 77.2 Å². The fourth-order valence-corrected chi connectivity index (χ4v) is 2.92. The Bertz CT molecular complexity index is 1040. The van der Waals surface area contributed by atoms with E-state index in [4.69, 9.17) is 16.1 Å². The van der Waals surface area contributed by atoms with E-state index in [1.807, 2.05) is 30.6 Å². The van der Waals surface area contributed by atoms with Crippen LogP contribution in [0.5, 0.6) is 0 Å². The van der Waals surface area contributed by atoms with Crippen LogP contribution < -0.4 is 0 Å². The van der Waals surface area contributed by atoms with Gasteiger partial charge in [0.1, 0.15) is 5.82 Å². The van der Waals surface area contributed by atoms with Crippen LogP contribution in [0.25, 0.3) is 22.2 Å². The lowest BCUT2D eigenvalue weighted by Gasteiger charge is -2.03. The van der Waals surface area contributed by atoms with Gasteiger partial charge in [-0.05, 0) is 35.6 Å². The van der Waals surface area contributed by atoms with Gasteiger partial charge < -0.3 is 4.52 Å². The fourth-order valence-electron chi connectivity index (χ4n) is 2.76. The second kappa shape index (κ2) is 6.61. The van der Waals surface area contributed by atoms with E-state index in [2.05, 4.69) is 21.2 Å². The summed E-state index contributed by atoms with van der Waals surface area (Å²) in [5.74, 6) is 0.204. The summed E-state index contributed by atoms with van der Waals surface area (Å²) >= 11 is 5.76. The molecule has 0 saturated carbocycles. The lowest BCUT2D eigenvalue weighted by molar-refractivity contribution is 0.378. The Hall–Kier alpha value is -2.79. The van der Waals surface area contributed by atoms with E-state index in [0.29, 0.717) is 23.8 Å². The van der Waals surface area contributed by atoms with Crippen molar-refractivity contribution in [2.75, 3.05) is 0 Å². The summed E-state index contributed by atoms with van der Waals surface area (Å²) < 4.78 is 19.2. The standard InChI is InChI=1S/C19H13ClFN3O/c20-14-6-7-16(17(21)9-14)19-23-18(25-24-19)8-5-13-11-22-10-12-3-1-2-4-15(12)13/h1-4,6-7,9-11H,5,8H2. The molecule has 0 amide bonds. The van der Waals surface area contributed by atoms with Crippen molar-refractivity contribution < 1.29 is 8.91 Å². The topological polar surface area (TPSA) is 51.8 Å². The van der Waals surface area contributed by atoms with Crippen molar-refractivity contribution in [3.8, 4) is 11.4 Å². The van der Waals surface area contributed by atoms with Gasteiger partial charge in [0.05, 0.1) is 5.56 Å². The summed E-state index contributed by atoms with van der Waals surface area (Å²) in [5.41, 5.74) is 1.38. The van der Waals surface area contributed by atoms with Crippen LogP contribution in [0.1, 0.15) is 11.5 Å². The van der Waals surface area contributed by atoms with Gasteiger partial charge in [-0.2, -0.15) is 4.98 Å². The molecule has 2 heterocycles. The van der Waals surface area contributed by atoms with Crippen molar-refractivity contribution in [2.24, 2.45) is 0 Å². The smallest absolute Gasteiger partial charge is 0.227 e. The van der Waals surface area contributed by atoms with Gasteiger partial charge in [-0.25, -0.2) is 4.39 Å². The minimum Gasteiger partial charge on any atom is -0.339 e.